The van der Waals surface area contributed by atoms with Gasteiger partial charge in [-0.15, -0.1) is 0 Å². The number of anilines is 1. The molecule has 366 valence electrons. The summed E-state index contributed by atoms with van der Waals surface area (Å²) < 4.78 is 21.9. The topological polar surface area (TPSA) is 231 Å². The predicted octanol–water partition coefficient (Wildman–Crippen LogP) is 8.26. The van der Waals surface area contributed by atoms with Crippen LogP contribution in [0, 0.1) is 13.8 Å². The molecule has 71 heavy (non-hydrogen) atoms. The molecule has 2 aromatic carbocycles. The number of aromatic nitrogens is 10. The molecule has 2 aliphatic carbocycles. The molecule has 10 rings (SSSR count). The molecule has 0 atom stereocenters. The van der Waals surface area contributed by atoms with E-state index in [9.17, 15) is 19.8 Å². The molecular weight excluding hydrogens is 952 g/mol. The third-order valence-corrected chi connectivity index (χ3v) is 12.7. The number of carbonyl (C=O) groups is 2. The van der Waals surface area contributed by atoms with Crippen molar-refractivity contribution in [3.05, 3.63) is 118 Å². The molecule has 2 fully saturated rings. The Hall–Kier alpha value is -7.48. The van der Waals surface area contributed by atoms with Gasteiger partial charge < -0.3 is 38.9 Å². The molecule has 2 saturated carbocycles. The van der Waals surface area contributed by atoms with Crippen molar-refractivity contribution in [2.75, 3.05) is 31.7 Å². The van der Waals surface area contributed by atoms with Crippen molar-refractivity contribution >= 4 is 63.2 Å². The lowest BCUT2D eigenvalue weighted by Gasteiger charge is -2.19. The summed E-state index contributed by atoms with van der Waals surface area (Å²) in [5.41, 5.74) is 7.19. The number of ether oxygens (including phenoxy) is 3. The number of pyridine rings is 2. The van der Waals surface area contributed by atoms with E-state index in [1.54, 1.807) is 55.8 Å². The number of rotatable bonds is 16. The molecule has 0 unspecified atom stereocenters. The van der Waals surface area contributed by atoms with E-state index < -0.39 is 6.09 Å². The van der Waals surface area contributed by atoms with Gasteiger partial charge in [0.15, 0.2) is 28.9 Å². The Morgan fingerprint density at radius 2 is 1.27 bits per heavy atom. The number of fused-ring (bicyclic) bond motifs is 2. The van der Waals surface area contributed by atoms with Gasteiger partial charge in [0, 0.05) is 36.3 Å². The number of halogens is 2. The van der Waals surface area contributed by atoms with Crippen LogP contribution in [0.4, 0.5) is 10.5 Å². The van der Waals surface area contributed by atoms with Crippen LogP contribution < -0.4 is 24.4 Å². The van der Waals surface area contributed by atoms with Gasteiger partial charge in [0.05, 0.1) is 47.7 Å². The molecule has 3 N–H and O–H groups in total. The quantitative estimate of drug-likeness (QED) is 0.0827. The van der Waals surface area contributed by atoms with Crippen LogP contribution in [0.5, 0.6) is 17.5 Å². The maximum Gasteiger partial charge on any atom is 0.411 e. The van der Waals surface area contributed by atoms with Crippen LogP contribution >= 0.6 is 23.2 Å². The molecule has 2 aliphatic rings. The van der Waals surface area contributed by atoms with Gasteiger partial charge in [-0.25, -0.2) is 24.7 Å². The molecule has 8 aromatic rings. The molecule has 21 heteroatoms. The summed E-state index contributed by atoms with van der Waals surface area (Å²) in [6.07, 6.45) is 9.12. The molecule has 6 heterocycles. The third-order valence-electron chi connectivity index (χ3n) is 12.1. The average Bonchev–Trinajstić information content (AvgIpc) is 4.19. The van der Waals surface area contributed by atoms with E-state index in [0.717, 1.165) is 53.1 Å². The fourth-order valence-corrected chi connectivity index (χ4v) is 8.15. The maximum atomic E-state index is 11.7. The Balaban J connectivity index is 0.000000176. The van der Waals surface area contributed by atoms with Crippen molar-refractivity contribution < 1.29 is 34.0 Å². The molecular formula is C50H50Cl2N12O7. The Kier molecular flexibility index (Phi) is 13.7. The van der Waals surface area contributed by atoms with E-state index in [1.807, 2.05) is 54.2 Å². The van der Waals surface area contributed by atoms with Crippen molar-refractivity contribution in [2.24, 2.45) is 0 Å². The zero-order chi connectivity index (χ0) is 50.0. The average molecular weight is 1000 g/mol. The molecule has 0 bridgehead atoms. The van der Waals surface area contributed by atoms with Crippen molar-refractivity contribution in [3.63, 3.8) is 0 Å². The number of nitrogens with zero attached hydrogens (tertiary/aromatic N) is 11. The van der Waals surface area contributed by atoms with Crippen molar-refractivity contribution in [1.82, 2.24) is 54.3 Å². The number of aliphatic hydroxyl groups excluding tert-OH is 1. The number of hydrogen-bond donors (Lipinski definition) is 3. The minimum absolute atomic E-state index is 0.0718. The zero-order valence-electron chi connectivity index (χ0n) is 39.6. The predicted molar refractivity (Wildman–Crippen MR) is 266 cm³/mol. The van der Waals surface area contributed by atoms with Crippen molar-refractivity contribution in [2.45, 2.75) is 77.7 Å². The smallest absolute Gasteiger partial charge is 0.411 e. The number of amides is 2. The first-order valence-electron chi connectivity index (χ1n) is 22.8. The summed E-state index contributed by atoms with van der Waals surface area (Å²) in [7, 11) is 1.56. The van der Waals surface area contributed by atoms with Crippen LogP contribution in [0.25, 0.3) is 45.1 Å². The summed E-state index contributed by atoms with van der Waals surface area (Å²) in [5.74, 6) is 2.21. The van der Waals surface area contributed by atoms with Crippen LogP contribution in [-0.4, -0.2) is 109 Å². The Labute approximate surface area is 417 Å². The van der Waals surface area contributed by atoms with E-state index in [1.165, 1.54) is 12.7 Å². The standard InChI is InChI=1S/C25H25ClN6O4.C25H25ClN6O3/c1-15-5-8-27-16(11-15)13-32-21(18-4-3-17(12-19(18)26)31(9-10-33)24(34)35)30-20-22(32)28-14-29-23(20)36-25(2)6-7-25;1-15-6-9-28-16(10-15)12-32-22(18-11-17(4-5-19(18)26)34-13-20(33)27-3)31-21-23(32)29-14-30-24(21)35-25(2)7-8-25/h3-5,8,11-12,14,33H,6-7,9-10,13H2,1-2H3,(H,34,35);4-6,9-11,14H,7-8,12-13H2,1-3H3,(H,27,33). The fourth-order valence-electron chi connectivity index (χ4n) is 7.68. The molecule has 0 aliphatic heterocycles. The lowest BCUT2D eigenvalue weighted by molar-refractivity contribution is -0.122. The molecule has 0 spiro atoms. The highest BCUT2D eigenvalue weighted by Crippen LogP contribution is 2.43. The van der Waals surface area contributed by atoms with Crippen LogP contribution in [-0.2, 0) is 17.9 Å². The monoisotopic (exact) mass is 1000 g/mol. The van der Waals surface area contributed by atoms with E-state index in [0.29, 0.717) is 91.4 Å². The number of benzene rings is 2. The molecule has 6 aromatic heterocycles. The lowest BCUT2D eigenvalue weighted by Crippen LogP contribution is -2.31. The molecule has 0 saturated heterocycles. The molecule has 19 nitrogen and oxygen atoms in total. The summed E-state index contributed by atoms with van der Waals surface area (Å²) >= 11 is 13.3. The van der Waals surface area contributed by atoms with Crippen LogP contribution in [0.1, 0.15) is 62.0 Å². The number of aliphatic hydroxyl groups is 1. The first kappa shape index (κ1) is 48.5. The largest absolute Gasteiger partial charge is 0.484 e. The normalized spacial score (nSPS) is 14.1. The first-order valence-corrected chi connectivity index (χ1v) is 23.6. The number of nitrogens with one attached hydrogen (secondary N) is 1. The second kappa shape index (κ2) is 20.1. The maximum absolute atomic E-state index is 11.7. The molecule has 2 amide bonds. The van der Waals surface area contributed by atoms with Crippen molar-refractivity contribution in [1.29, 1.82) is 0 Å². The van der Waals surface area contributed by atoms with Gasteiger partial charge in [-0.2, -0.15) is 9.97 Å². The lowest BCUT2D eigenvalue weighted by atomic mass is 10.1. The van der Waals surface area contributed by atoms with Gasteiger partial charge in [-0.1, -0.05) is 23.2 Å². The number of imidazole rings is 2. The third kappa shape index (κ3) is 11.0. The Morgan fingerprint density at radius 1 is 0.718 bits per heavy atom. The fraction of sp³-hybridized carbons (Fsp3) is 0.320. The first-order chi connectivity index (χ1) is 34.1. The summed E-state index contributed by atoms with van der Waals surface area (Å²) in [6, 6.07) is 18.0. The SMILES string of the molecule is CNC(=O)COc1ccc(Cl)c(-c2nc3c(OC4(C)CC4)ncnc3n2Cc2cc(C)ccn2)c1.Cc1ccnc(Cn2c(-c3ccc(N(CCO)C(=O)O)cc3Cl)nc3c(OC4(C)CC4)ncnc32)c1. The number of aryl methyl sites for hydroxylation is 2. The highest BCUT2D eigenvalue weighted by atomic mass is 35.5. The Bertz CT molecular complexity index is 3300. The van der Waals surface area contributed by atoms with Gasteiger partial charge in [-0.3, -0.25) is 19.7 Å². The highest BCUT2D eigenvalue weighted by molar-refractivity contribution is 6.34. The summed E-state index contributed by atoms with van der Waals surface area (Å²) in [6.45, 7) is 8.41. The Morgan fingerprint density at radius 3 is 1.75 bits per heavy atom. The number of hydrogen-bond acceptors (Lipinski definition) is 14. The minimum atomic E-state index is -1.18. The summed E-state index contributed by atoms with van der Waals surface area (Å²) in [5, 5.41) is 22.1. The number of likely N-dealkylation sites (N-methyl/N-ethyl adjacent to an activating group) is 1. The second-order valence-corrected chi connectivity index (χ2v) is 18.7. The van der Waals surface area contributed by atoms with Gasteiger partial charge >= 0.3 is 6.09 Å². The zero-order valence-corrected chi connectivity index (χ0v) is 41.1. The van der Waals surface area contributed by atoms with Gasteiger partial charge in [0.1, 0.15) is 41.3 Å². The van der Waals surface area contributed by atoms with Crippen molar-refractivity contribution in [3.8, 4) is 40.3 Å². The van der Waals surface area contributed by atoms with E-state index in [4.69, 9.17) is 47.4 Å². The number of carbonyl (C=O) groups excluding carboxylic acids is 1. The summed E-state index contributed by atoms with van der Waals surface area (Å²) in [4.78, 5) is 60.8. The van der Waals surface area contributed by atoms with Gasteiger partial charge in [-0.05, 0) is 125 Å². The molecule has 0 radical (unpaired) electrons. The van der Waals surface area contributed by atoms with Gasteiger partial charge in [0.2, 0.25) is 11.8 Å². The van der Waals surface area contributed by atoms with Crippen LogP contribution in [0.15, 0.2) is 85.7 Å². The second-order valence-electron chi connectivity index (χ2n) is 17.9. The van der Waals surface area contributed by atoms with E-state index >= 15 is 0 Å². The van der Waals surface area contributed by atoms with E-state index in [2.05, 4.69) is 42.1 Å². The van der Waals surface area contributed by atoms with E-state index in [-0.39, 0.29) is 36.9 Å². The number of carboxylic acid groups (broad SMARTS) is 1. The van der Waals surface area contributed by atoms with Crippen LogP contribution in [0.2, 0.25) is 10.0 Å². The highest BCUT2D eigenvalue weighted by Gasteiger charge is 2.42. The minimum Gasteiger partial charge on any atom is -0.484 e. The van der Waals surface area contributed by atoms with Crippen LogP contribution in [0.3, 0.4) is 0 Å². The van der Waals surface area contributed by atoms with Gasteiger partial charge in [0.25, 0.3) is 5.91 Å².